The van der Waals surface area contributed by atoms with Gasteiger partial charge in [-0.15, -0.1) is 11.3 Å². The second kappa shape index (κ2) is 7.71. The molecule has 2 N–H and O–H groups in total. The van der Waals surface area contributed by atoms with Crippen molar-refractivity contribution in [3.63, 3.8) is 0 Å². The average molecular weight is 353 g/mol. The third kappa shape index (κ3) is 4.02. The number of anilines is 2. The van der Waals surface area contributed by atoms with E-state index in [1.54, 1.807) is 11.3 Å². The molecule has 0 radical (unpaired) electrons. The molecular weight excluding hydrogens is 330 g/mol. The summed E-state index contributed by atoms with van der Waals surface area (Å²) in [5.74, 6) is 0.705. The molecule has 0 saturated carbocycles. The van der Waals surface area contributed by atoms with Crippen molar-refractivity contribution < 1.29 is 4.79 Å². The van der Waals surface area contributed by atoms with Crippen molar-refractivity contribution in [1.82, 2.24) is 0 Å². The number of carbonyl (C=O) groups is 1. The molecule has 25 heavy (non-hydrogen) atoms. The number of hydrogen-bond acceptors (Lipinski definition) is 3. The van der Waals surface area contributed by atoms with Gasteiger partial charge in [0.05, 0.1) is 5.56 Å². The maximum Gasteiger partial charge on any atom is 0.324 e. The molecule has 0 spiro atoms. The van der Waals surface area contributed by atoms with Gasteiger partial charge in [-0.2, -0.15) is 5.26 Å². The molecule has 3 rings (SSSR count). The van der Waals surface area contributed by atoms with E-state index in [0.717, 1.165) is 36.1 Å². The molecule has 1 atom stereocenters. The molecule has 0 aliphatic heterocycles. The second-order valence-corrected chi connectivity index (χ2v) is 7.77. The lowest BCUT2D eigenvalue weighted by molar-refractivity contribution is 0.262. The van der Waals surface area contributed by atoms with Crippen LogP contribution in [0.3, 0.4) is 0 Å². The molecule has 1 aromatic heterocycles. The average Bonchev–Trinajstić information content (AvgIpc) is 2.93. The van der Waals surface area contributed by atoms with Crippen LogP contribution in [0.1, 0.15) is 47.8 Å². The lowest BCUT2D eigenvalue weighted by Gasteiger charge is -2.21. The van der Waals surface area contributed by atoms with Gasteiger partial charge in [0.2, 0.25) is 0 Å². The maximum atomic E-state index is 12.3. The number of nitrogens with zero attached hydrogens (tertiary/aromatic N) is 1. The molecule has 130 valence electrons. The van der Waals surface area contributed by atoms with Crippen LogP contribution < -0.4 is 10.6 Å². The molecule has 1 aliphatic carbocycles. The fourth-order valence-electron chi connectivity index (χ4n) is 3.42. The summed E-state index contributed by atoms with van der Waals surface area (Å²) in [6.07, 6.45) is 5.54. The number of urea groups is 1. The number of amides is 2. The molecular formula is C20H23N3OS. The number of nitrogens with one attached hydrogen (secondary N) is 2. The summed E-state index contributed by atoms with van der Waals surface area (Å²) in [6.45, 7) is 4.22. The Balaban J connectivity index is 1.73. The van der Waals surface area contributed by atoms with E-state index < -0.39 is 0 Å². The van der Waals surface area contributed by atoms with Crippen molar-refractivity contribution >= 4 is 28.1 Å². The Kier molecular flexibility index (Phi) is 5.40. The third-order valence-electron chi connectivity index (χ3n) is 4.71. The smallest absolute Gasteiger partial charge is 0.308 e. The molecule has 2 amide bonds. The standard InChI is InChI=1S/C20H23N3OS/c1-3-4-14-7-10-16-17(12-21)19(25-18(16)11-14)23-20(24)22-15-8-5-13(2)6-9-15/h5-6,8-9,14H,3-4,7,10-11H2,1-2H3,(H2,22,23,24)/t14-/m1/s1. The van der Waals surface area contributed by atoms with Crippen molar-refractivity contribution in [2.24, 2.45) is 5.92 Å². The van der Waals surface area contributed by atoms with Crippen LogP contribution in [-0.2, 0) is 12.8 Å². The fraction of sp³-hybridized carbons (Fsp3) is 0.400. The molecule has 1 aliphatic rings. The first kappa shape index (κ1) is 17.5. The van der Waals surface area contributed by atoms with E-state index in [0.29, 0.717) is 16.5 Å². The largest absolute Gasteiger partial charge is 0.324 e. The summed E-state index contributed by atoms with van der Waals surface area (Å²) >= 11 is 1.56. The quantitative estimate of drug-likeness (QED) is 0.764. The molecule has 4 nitrogen and oxygen atoms in total. The van der Waals surface area contributed by atoms with E-state index >= 15 is 0 Å². The lowest BCUT2D eigenvalue weighted by atomic mass is 9.85. The lowest BCUT2D eigenvalue weighted by Crippen LogP contribution is -2.19. The van der Waals surface area contributed by atoms with Crippen LogP contribution in [0, 0.1) is 24.2 Å². The molecule has 5 heteroatoms. The van der Waals surface area contributed by atoms with E-state index in [2.05, 4.69) is 23.6 Å². The predicted octanol–water partition coefficient (Wildman–Crippen LogP) is 5.48. The van der Waals surface area contributed by atoms with Gasteiger partial charge < -0.3 is 5.32 Å². The van der Waals surface area contributed by atoms with Gasteiger partial charge in [-0.1, -0.05) is 37.5 Å². The second-order valence-electron chi connectivity index (χ2n) is 6.66. The first-order valence-corrected chi connectivity index (χ1v) is 9.61. The van der Waals surface area contributed by atoms with Gasteiger partial charge in [-0.05, 0) is 49.8 Å². The first-order chi connectivity index (χ1) is 12.1. The zero-order valence-corrected chi connectivity index (χ0v) is 15.5. The van der Waals surface area contributed by atoms with E-state index in [9.17, 15) is 10.1 Å². The van der Waals surface area contributed by atoms with Crippen LogP contribution >= 0.6 is 11.3 Å². The highest BCUT2D eigenvalue weighted by atomic mass is 32.1. The molecule has 2 aromatic rings. The summed E-state index contributed by atoms with van der Waals surface area (Å²) in [7, 11) is 0. The number of hydrogen-bond donors (Lipinski definition) is 2. The van der Waals surface area contributed by atoms with Gasteiger partial charge in [-0.3, -0.25) is 5.32 Å². The third-order valence-corrected chi connectivity index (χ3v) is 5.88. The topological polar surface area (TPSA) is 64.9 Å². The molecule has 1 aromatic carbocycles. The maximum absolute atomic E-state index is 12.3. The summed E-state index contributed by atoms with van der Waals surface area (Å²) in [6, 6.07) is 9.64. The van der Waals surface area contributed by atoms with E-state index in [-0.39, 0.29) is 6.03 Å². The Morgan fingerprint density at radius 3 is 2.76 bits per heavy atom. The minimum Gasteiger partial charge on any atom is -0.308 e. The van der Waals surface area contributed by atoms with Gasteiger partial charge in [0.1, 0.15) is 11.1 Å². The van der Waals surface area contributed by atoms with Crippen molar-refractivity contribution in [1.29, 1.82) is 5.26 Å². The number of nitriles is 1. The number of carbonyl (C=O) groups excluding carboxylic acids is 1. The van der Waals surface area contributed by atoms with Gasteiger partial charge in [0.15, 0.2) is 0 Å². The van der Waals surface area contributed by atoms with Gasteiger partial charge in [0, 0.05) is 10.6 Å². The van der Waals surface area contributed by atoms with Gasteiger partial charge in [-0.25, -0.2) is 4.79 Å². The minimum atomic E-state index is -0.302. The monoisotopic (exact) mass is 353 g/mol. The van der Waals surface area contributed by atoms with Crippen LogP contribution in [0.15, 0.2) is 24.3 Å². The predicted molar refractivity (Wildman–Crippen MR) is 103 cm³/mol. The zero-order valence-electron chi connectivity index (χ0n) is 14.7. The summed E-state index contributed by atoms with van der Waals surface area (Å²) < 4.78 is 0. The van der Waals surface area contributed by atoms with Crippen LogP contribution in [-0.4, -0.2) is 6.03 Å². The zero-order chi connectivity index (χ0) is 17.8. The Morgan fingerprint density at radius 1 is 1.32 bits per heavy atom. The number of fused-ring (bicyclic) bond motifs is 1. The van der Waals surface area contributed by atoms with E-state index in [1.165, 1.54) is 17.7 Å². The molecule has 0 saturated heterocycles. The van der Waals surface area contributed by atoms with Gasteiger partial charge >= 0.3 is 6.03 Å². The number of rotatable bonds is 4. The van der Waals surface area contributed by atoms with E-state index in [1.807, 2.05) is 31.2 Å². The van der Waals surface area contributed by atoms with Crippen molar-refractivity contribution in [3.05, 3.63) is 45.8 Å². The van der Waals surface area contributed by atoms with Gasteiger partial charge in [0.25, 0.3) is 0 Å². The Bertz CT molecular complexity index is 802. The highest BCUT2D eigenvalue weighted by molar-refractivity contribution is 7.16. The first-order valence-electron chi connectivity index (χ1n) is 8.80. The molecule has 0 fully saturated rings. The number of aryl methyl sites for hydroxylation is 1. The number of thiophene rings is 1. The van der Waals surface area contributed by atoms with Crippen LogP contribution in [0.25, 0.3) is 0 Å². The van der Waals surface area contributed by atoms with Crippen LogP contribution in [0.4, 0.5) is 15.5 Å². The highest BCUT2D eigenvalue weighted by Gasteiger charge is 2.26. The normalized spacial score (nSPS) is 16.0. The van der Waals surface area contributed by atoms with Crippen LogP contribution in [0.5, 0.6) is 0 Å². The highest BCUT2D eigenvalue weighted by Crippen LogP contribution is 2.40. The number of benzene rings is 1. The Labute approximate surface area is 152 Å². The van der Waals surface area contributed by atoms with Crippen molar-refractivity contribution in [2.75, 3.05) is 10.6 Å². The summed E-state index contributed by atoms with van der Waals surface area (Å²) in [4.78, 5) is 13.6. The van der Waals surface area contributed by atoms with Crippen molar-refractivity contribution in [3.8, 4) is 6.07 Å². The summed E-state index contributed by atoms with van der Waals surface area (Å²) in [5, 5.41) is 15.9. The molecule has 0 unspecified atom stereocenters. The van der Waals surface area contributed by atoms with Crippen LogP contribution in [0.2, 0.25) is 0 Å². The molecule has 0 bridgehead atoms. The minimum absolute atomic E-state index is 0.302. The van der Waals surface area contributed by atoms with Crippen molar-refractivity contribution in [2.45, 2.75) is 46.0 Å². The summed E-state index contributed by atoms with van der Waals surface area (Å²) in [5.41, 5.74) is 3.68. The Hall–Kier alpha value is -2.32. The SMILES string of the molecule is CCC[C@@H]1CCc2c(sc(NC(=O)Nc3ccc(C)cc3)c2C#N)C1. The molecule has 1 heterocycles. The van der Waals surface area contributed by atoms with E-state index in [4.69, 9.17) is 0 Å². The fourth-order valence-corrected chi connectivity index (χ4v) is 4.72. The Morgan fingerprint density at radius 2 is 2.08 bits per heavy atom.